The minimum Gasteiger partial charge on any atom is -0.478 e. The van der Waals surface area contributed by atoms with Gasteiger partial charge in [-0.25, -0.2) is 0 Å². The predicted octanol–water partition coefficient (Wildman–Crippen LogP) is 8.28. The van der Waals surface area contributed by atoms with Crippen LogP contribution in [0.15, 0.2) is 103 Å². The highest BCUT2D eigenvalue weighted by molar-refractivity contribution is 14.1. The lowest BCUT2D eigenvalue weighted by atomic mass is 9.79. The summed E-state index contributed by atoms with van der Waals surface area (Å²) in [5.74, 6) is 1.85. The van der Waals surface area contributed by atoms with Crippen molar-refractivity contribution in [2.45, 2.75) is 44.1 Å². The van der Waals surface area contributed by atoms with E-state index in [2.05, 4.69) is 120 Å². The minimum atomic E-state index is -0.671. The Labute approximate surface area is 200 Å². The van der Waals surface area contributed by atoms with E-state index in [1.807, 2.05) is 0 Å². The lowest BCUT2D eigenvalue weighted by molar-refractivity contribution is 0.0585. The molecule has 0 heterocycles. The summed E-state index contributed by atoms with van der Waals surface area (Å²) < 4.78 is 8.15. The van der Waals surface area contributed by atoms with Crippen LogP contribution in [-0.2, 0) is 10.3 Å². The summed E-state index contributed by atoms with van der Waals surface area (Å²) in [6.45, 7) is 0. The van der Waals surface area contributed by atoms with E-state index in [0.717, 1.165) is 39.2 Å². The third-order valence-corrected chi connectivity index (χ3v) is 6.78. The summed E-state index contributed by atoms with van der Waals surface area (Å²) in [6, 6.07) is 32.1. The van der Waals surface area contributed by atoms with Gasteiger partial charge in [-0.3, -0.25) is 0 Å². The predicted molar refractivity (Wildman–Crippen MR) is 138 cm³/mol. The van der Waals surface area contributed by atoms with E-state index >= 15 is 0 Å². The third-order valence-electron chi connectivity index (χ3n) is 6.34. The molecule has 0 unspecified atom stereocenters. The molecular weight excluding hydrogens is 491 g/mol. The van der Waals surface area contributed by atoms with Gasteiger partial charge in [-0.15, -0.1) is 0 Å². The molecule has 0 radical (unpaired) electrons. The topological polar surface area (TPSA) is 9.23 Å². The Hall–Kier alpha value is -2.07. The van der Waals surface area contributed by atoms with Crippen LogP contribution in [0, 0.1) is 5.92 Å². The molecule has 0 spiro atoms. The fraction of sp³-hybridized carbons (Fsp3) is 0.310. The maximum absolute atomic E-state index is 7.20. The van der Waals surface area contributed by atoms with Crippen molar-refractivity contribution in [2.24, 2.45) is 5.92 Å². The van der Waals surface area contributed by atoms with Crippen molar-refractivity contribution in [1.29, 1.82) is 0 Å². The Morgan fingerprint density at radius 3 is 1.61 bits per heavy atom. The van der Waals surface area contributed by atoms with Crippen LogP contribution in [0.25, 0.3) is 0 Å². The zero-order valence-corrected chi connectivity index (χ0v) is 20.2. The van der Waals surface area contributed by atoms with E-state index < -0.39 is 5.60 Å². The van der Waals surface area contributed by atoms with Gasteiger partial charge in [-0.05, 0) is 12.0 Å². The fourth-order valence-corrected chi connectivity index (χ4v) is 5.31. The first-order valence-electron chi connectivity index (χ1n) is 11.4. The van der Waals surface area contributed by atoms with Crippen LogP contribution in [0.5, 0.6) is 0 Å². The Bertz CT molecular complexity index is 847. The monoisotopic (exact) mass is 522 g/mol. The molecule has 3 aromatic rings. The highest BCUT2D eigenvalue weighted by Crippen LogP contribution is 2.43. The quantitative estimate of drug-likeness (QED) is 0.125. The summed E-state index contributed by atoms with van der Waals surface area (Å²) in [7, 11) is 0. The second-order valence-corrected chi connectivity index (χ2v) is 9.30. The van der Waals surface area contributed by atoms with Crippen molar-refractivity contribution in [2.75, 3.05) is 4.43 Å². The molecule has 160 valence electrons. The van der Waals surface area contributed by atoms with E-state index in [-0.39, 0.29) is 0 Å². The number of benzene rings is 3. The Kier molecular flexibility index (Phi) is 7.85. The summed E-state index contributed by atoms with van der Waals surface area (Å²) in [5, 5.41) is 0. The average Bonchev–Trinajstić information content (AvgIpc) is 2.85. The molecule has 1 saturated carbocycles. The van der Waals surface area contributed by atoms with Crippen molar-refractivity contribution in [3.63, 3.8) is 0 Å². The molecule has 0 aromatic heterocycles. The number of hydrogen-bond acceptors (Lipinski definition) is 1. The first-order valence-corrected chi connectivity index (χ1v) is 13.0. The molecule has 1 fully saturated rings. The van der Waals surface area contributed by atoms with Gasteiger partial charge in [0.05, 0.1) is 5.76 Å². The van der Waals surface area contributed by atoms with Crippen LogP contribution >= 0.6 is 22.6 Å². The van der Waals surface area contributed by atoms with Crippen molar-refractivity contribution in [1.82, 2.24) is 0 Å². The number of halogens is 1. The Morgan fingerprint density at radius 2 is 1.19 bits per heavy atom. The van der Waals surface area contributed by atoms with E-state index in [1.165, 1.54) is 32.1 Å². The van der Waals surface area contributed by atoms with Crippen molar-refractivity contribution in [3.8, 4) is 0 Å². The van der Waals surface area contributed by atoms with Crippen LogP contribution in [0.1, 0.15) is 55.2 Å². The number of ether oxygens (including phenoxy) is 1. The van der Waals surface area contributed by atoms with E-state index in [1.54, 1.807) is 0 Å². The zero-order valence-electron chi connectivity index (χ0n) is 18.1. The lowest BCUT2D eigenvalue weighted by Crippen LogP contribution is -2.33. The molecule has 0 aliphatic heterocycles. The van der Waals surface area contributed by atoms with Gasteiger partial charge in [0.2, 0.25) is 0 Å². The standard InChI is InChI=1S/C29H31IO/c30-22-21-28(23-24-13-5-1-6-14-24)31-29(25-15-7-2-8-16-25,26-17-9-3-10-18-26)27-19-11-4-12-20-27/h2-4,7-12,15-21,24H,1,5-6,13-14,22-23H2. The molecule has 0 amide bonds. The first kappa shape index (κ1) is 22.1. The van der Waals surface area contributed by atoms with Gasteiger partial charge in [0.1, 0.15) is 0 Å². The fourth-order valence-electron chi connectivity index (χ4n) is 4.82. The van der Waals surface area contributed by atoms with Crippen LogP contribution in [0.2, 0.25) is 0 Å². The number of rotatable bonds is 8. The largest absolute Gasteiger partial charge is 0.478 e. The molecule has 0 saturated heterocycles. The van der Waals surface area contributed by atoms with Crippen molar-refractivity contribution >= 4 is 22.6 Å². The Balaban J connectivity index is 1.83. The summed E-state index contributed by atoms with van der Waals surface area (Å²) in [4.78, 5) is 0. The SMILES string of the molecule is ICC=C(CC1CCCCC1)OC(c1ccccc1)(c1ccccc1)c1ccccc1. The van der Waals surface area contributed by atoms with Gasteiger partial charge in [0.25, 0.3) is 0 Å². The van der Waals surface area contributed by atoms with Crippen molar-refractivity contribution < 1.29 is 4.74 Å². The molecule has 0 bridgehead atoms. The second-order valence-electron chi connectivity index (χ2n) is 8.41. The molecule has 0 N–H and O–H groups in total. The molecule has 0 atom stereocenters. The molecule has 1 aliphatic carbocycles. The highest BCUT2D eigenvalue weighted by Gasteiger charge is 2.39. The number of alkyl halides is 1. The molecular formula is C29H31IO. The molecule has 3 aromatic carbocycles. The summed E-state index contributed by atoms with van der Waals surface area (Å²) in [6.07, 6.45) is 10.0. The summed E-state index contributed by atoms with van der Waals surface area (Å²) in [5.41, 5.74) is 2.82. The summed E-state index contributed by atoms with van der Waals surface area (Å²) >= 11 is 2.44. The molecule has 4 rings (SSSR count). The van der Waals surface area contributed by atoms with Crippen LogP contribution < -0.4 is 0 Å². The zero-order chi connectivity index (χ0) is 21.4. The minimum absolute atomic E-state index is 0.671. The molecule has 2 heteroatoms. The van der Waals surface area contributed by atoms with Gasteiger partial charge in [0.15, 0.2) is 5.60 Å². The van der Waals surface area contributed by atoms with E-state index in [0.29, 0.717) is 0 Å². The number of allylic oxidation sites excluding steroid dienone is 2. The van der Waals surface area contributed by atoms with Crippen LogP contribution in [0.4, 0.5) is 0 Å². The average molecular weight is 522 g/mol. The third kappa shape index (κ3) is 5.23. The van der Waals surface area contributed by atoms with Crippen LogP contribution in [0.3, 0.4) is 0 Å². The Morgan fingerprint density at radius 1 is 0.742 bits per heavy atom. The van der Waals surface area contributed by atoms with E-state index in [4.69, 9.17) is 4.74 Å². The van der Waals surface area contributed by atoms with Gasteiger partial charge in [-0.1, -0.05) is 146 Å². The van der Waals surface area contributed by atoms with Crippen molar-refractivity contribution in [3.05, 3.63) is 120 Å². The molecule has 31 heavy (non-hydrogen) atoms. The maximum atomic E-state index is 7.20. The lowest BCUT2D eigenvalue weighted by Gasteiger charge is -2.38. The van der Waals surface area contributed by atoms with Gasteiger partial charge < -0.3 is 4.74 Å². The first-order chi connectivity index (χ1) is 15.3. The smallest absolute Gasteiger partial charge is 0.184 e. The molecule has 1 nitrogen and oxygen atoms in total. The number of hydrogen-bond donors (Lipinski definition) is 0. The van der Waals surface area contributed by atoms with E-state index in [9.17, 15) is 0 Å². The molecule has 1 aliphatic rings. The van der Waals surface area contributed by atoms with Gasteiger partial charge >= 0.3 is 0 Å². The van der Waals surface area contributed by atoms with Gasteiger partial charge in [-0.2, -0.15) is 0 Å². The normalized spacial score (nSPS) is 15.6. The second kappa shape index (κ2) is 11.0. The highest BCUT2D eigenvalue weighted by atomic mass is 127. The van der Waals surface area contributed by atoms with Gasteiger partial charge in [0, 0.05) is 27.5 Å². The van der Waals surface area contributed by atoms with Crippen LogP contribution in [-0.4, -0.2) is 4.43 Å². The maximum Gasteiger partial charge on any atom is 0.184 e.